The van der Waals surface area contributed by atoms with E-state index in [9.17, 15) is 19.5 Å². The maximum Gasteiger partial charge on any atom is 0.407 e. The second-order valence-electron chi connectivity index (χ2n) is 9.24. The first kappa shape index (κ1) is 27.4. The summed E-state index contributed by atoms with van der Waals surface area (Å²) in [7, 11) is 0. The van der Waals surface area contributed by atoms with Crippen LogP contribution < -0.4 is 5.32 Å². The number of carbonyl (C=O) groups is 3. The van der Waals surface area contributed by atoms with Crippen molar-refractivity contribution in [3.63, 3.8) is 0 Å². The first-order chi connectivity index (χ1) is 18.9. The number of nitrogens with zero attached hydrogens (tertiary/aromatic N) is 1. The number of rotatable bonds is 11. The maximum absolute atomic E-state index is 13.4. The van der Waals surface area contributed by atoms with Crippen molar-refractivity contribution >= 4 is 18.0 Å². The monoisotopic (exact) mass is 526 g/mol. The smallest absolute Gasteiger partial charge is 0.407 e. The number of alkyl carbamates (subject to hydrolysis) is 1. The Bertz CT molecular complexity index is 1320. The van der Waals surface area contributed by atoms with Gasteiger partial charge in [-0.05, 0) is 34.7 Å². The zero-order valence-electron chi connectivity index (χ0n) is 21.6. The molecule has 8 nitrogen and oxygen atoms in total. The Balaban J connectivity index is 1.48. The summed E-state index contributed by atoms with van der Waals surface area (Å²) in [6.45, 7) is 1.02. The van der Waals surface area contributed by atoms with Crippen molar-refractivity contribution in [2.24, 2.45) is 0 Å². The van der Waals surface area contributed by atoms with Gasteiger partial charge in [0.1, 0.15) is 19.2 Å². The number of fused-ring (bicyclic) bond motifs is 3. The fourth-order valence-corrected chi connectivity index (χ4v) is 4.73. The lowest BCUT2D eigenvalue weighted by atomic mass is 9.98. The molecule has 2 atom stereocenters. The molecule has 0 bridgehead atoms. The lowest BCUT2D eigenvalue weighted by Gasteiger charge is -2.29. The molecule has 0 radical (unpaired) electrons. The van der Waals surface area contributed by atoms with Crippen LogP contribution in [0, 0.1) is 12.3 Å². The van der Waals surface area contributed by atoms with E-state index in [2.05, 4.69) is 11.2 Å². The third kappa shape index (κ3) is 6.64. The molecule has 39 heavy (non-hydrogen) atoms. The largest absolute Gasteiger partial charge is 0.480 e. The number of nitrogens with one attached hydrogen (secondary N) is 1. The van der Waals surface area contributed by atoms with Crippen molar-refractivity contribution in [2.45, 2.75) is 31.6 Å². The van der Waals surface area contributed by atoms with Crippen molar-refractivity contribution in [1.82, 2.24) is 10.2 Å². The van der Waals surface area contributed by atoms with Crippen molar-refractivity contribution in [2.75, 3.05) is 19.7 Å². The molecule has 0 aliphatic heterocycles. The van der Waals surface area contributed by atoms with Gasteiger partial charge < -0.3 is 24.8 Å². The molecule has 0 aromatic heterocycles. The van der Waals surface area contributed by atoms with Crippen molar-refractivity contribution in [1.29, 1.82) is 0 Å². The summed E-state index contributed by atoms with van der Waals surface area (Å²) in [4.78, 5) is 38.7. The predicted octanol–water partition coefficient (Wildman–Crippen LogP) is 4.05. The van der Waals surface area contributed by atoms with Crippen molar-refractivity contribution in [3.8, 4) is 23.5 Å². The summed E-state index contributed by atoms with van der Waals surface area (Å²) in [6, 6.07) is 24.1. The molecule has 0 heterocycles. The third-order valence-electron chi connectivity index (χ3n) is 6.63. The molecule has 1 aliphatic rings. The minimum absolute atomic E-state index is 0.0587. The molecule has 0 saturated heterocycles. The van der Waals surface area contributed by atoms with Gasteiger partial charge >= 0.3 is 12.1 Å². The van der Waals surface area contributed by atoms with E-state index in [0.29, 0.717) is 0 Å². The fourth-order valence-electron chi connectivity index (χ4n) is 4.73. The number of carboxylic acids is 1. The molecular formula is C31H30N2O6. The maximum atomic E-state index is 13.4. The number of ether oxygens (including phenoxy) is 2. The van der Waals surface area contributed by atoms with E-state index < -0.39 is 36.7 Å². The summed E-state index contributed by atoms with van der Waals surface area (Å²) in [5.41, 5.74) is 5.18. The highest BCUT2D eigenvalue weighted by Gasteiger charge is 2.34. The van der Waals surface area contributed by atoms with Gasteiger partial charge in [-0.15, -0.1) is 6.42 Å². The predicted molar refractivity (Wildman–Crippen MR) is 146 cm³/mol. The summed E-state index contributed by atoms with van der Waals surface area (Å²) in [5, 5.41) is 11.9. The highest BCUT2D eigenvalue weighted by molar-refractivity contribution is 5.89. The minimum atomic E-state index is -1.23. The average molecular weight is 527 g/mol. The Labute approximate surface area is 227 Å². The Morgan fingerprint density at radius 1 is 0.974 bits per heavy atom. The van der Waals surface area contributed by atoms with Crippen LogP contribution in [0.3, 0.4) is 0 Å². The normalized spacial score (nSPS) is 13.3. The SMILES string of the molecule is C#CCN(CC(=O)O)C(=O)C(NC(=O)OCC1c2ccccc2-c2ccccc21)C(C)OCc1ccccc1. The number of hydrogen-bond donors (Lipinski definition) is 2. The molecule has 2 unspecified atom stereocenters. The highest BCUT2D eigenvalue weighted by Crippen LogP contribution is 2.44. The van der Waals surface area contributed by atoms with Crippen LogP contribution in [0.5, 0.6) is 0 Å². The van der Waals surface area contributed by atoms with Gasteiger partial charge in [-0.1, -0.05) is 84.8 Å². The number of terminal acetylenes is 1. The molecular weight excluding hydrogens is 496 g/mol. The molecule has 200 valence electrons. The zero-order chi connectivity index (χ0) is 27.8. The topological polar surface area (TPSA) is 105 Å². The Morgan fingerprint density at radius 3 is 2.15 bits per heavy atom. The van der Waals surface area contributed by atoms with Gasteiger partial charge in [-0.3, -0.25) is 9.59 Å². The van der Waals surface area contributed by atoms with Crippen LogP contribution in [-0.2, 0) is 25.7 Å². The first-order valence-corrected chi connectivity index (χ1v) is 12.6. The van der Waals surface area contributed by atoms with Gasteiger partial charge in [0.2, 0.25) is 5.91 Å². The molecule has 3 aromatic carbocycles. The first-order valence-electron chi connectivity index (χ1n) is 12.6. The molecule has 0 saturated carbocycles. The minimum Gasteiger partial charge on any atom is -0.480 e. The van der Waals surface area contributed by atoms with E-state index in [1.165, 1.54) is 0 Å². The van der Waals surface area contributed by atoms with Crippen LogP contribution in [-0.4, -0.2) is 59.8 Å². The highest BCUT2D eigenvalue weighted by atomic mass is 16.5. The van der Waals surface area contributed by atoms with Gasteiger partial charge in [0.15, 0.2) is 0 Å². The number of amides is 2. The Kier molecular flexibility index (Phi) is 8.97. The summed E-state index contributed by atoms with van der Waals surface area (Å²) in [5.74, 6) is 0.237. The second-order valence-corrected chi connectivity index (χ2v) is 9.24. The zero-order valence-corrected chi connectivity index (χ0v) is 21.6. The molecule has 8 heteroatoms. The lowest BCUT2D eigenvalue weighted by Crippen LogP contribution is -2.55. The molecule has 0 fully saturated rings. The molecule has 2 N–H and O–H groups in total. The van der Waals surface area contributed by atoms with Crippen LogP contribution in [0.4, 0.5) is 4.79 Å². The Morgan fingerprint density at radius 2 is 1.56 bits per heavy atom. The third-order valence-corrected chi connectivity index (χ3v) is 6.63. The average Bonchev–Trinajstić information content (AvgIpc) is 3.27. The van der Waals surface area contributed by atoms with Crippen LogP contribution in [0.15, 0.2) is 78.9 Å². The quantitative estimate of drug-likeness (QED) is 0.366. The van der Waals surface area contributed by atoms with Gasteiger partial charge in [-0.25, -0.2) is 4.79 Å². The van der Waals surface area contributed by atoms with E-state index in [4.69, 9.17) is 15.9 Å². The molecule has 1 aliphatic carbocycles. The van der Waals surface area contributed by atoms with Crippen LogP contribution >= 0.6 is 0 Å². The van der Waals surface area contributed by atoms with Crippen LogP contribution in [0.25, 0.3) is 11.1 Å². The van der Waals surface area contributed by atoms with Gasteiger partial charge in [0, 0.05) is 5.92 Å². The van der Waals surface area contributed by atoms with E-state index >= 15 is 0 Å². The standard InChI is InChI=1S/C31H30N2O6/c1-3-17-33(18-28(34)35)30(36)29(21(2)38-19-22-11-5-4-6-12-22)32-31(37)39-20-27-25-15-9-7-13-23(25)24-14-8-10-16-26(24)27/h1,4-16,21,27,29H,17-20H2,2H3,(H,32,37)(H,34,35). The summed E-state index contributed by atoms with van der Waals surface area (Å²) in [6.07, 6.45) is 3.74. The van der Waals surface area contributed by atoms with Crippen molar-refractivity contribution < 1.29 is 29.0 Å². The Hall–Kier alpha value is -4.61. The van der Waals surface area contributed by atoms with Crippen molar-refractivity contribution in [3.05, 3.63) is 95.6 Å². The van der Waals surface area contributed by atoms with Gasteiger partial charge in [-0.2, -0.15) is 0 Å². The number of aliphatic carboxylic acids is 1. The van der Waals surface area contributed by atoms with E-state index in [0.717, 1.165) is 32.7 Å². The van der Waals surface area contributed by atoms with Crippen LogP contribution in [0.2, 0.25) is 0 Å². The number of hydrogen-bond acceptors (Lipinski definition) is 5. The van der Waals surface area contributed by atoms with E-state index in [1.807, 2.05) is 78.9 Å². The lowest BCUT2D eigenvalue weighted by molar-refractivity contribution is -0.146. The number of carboxylic acid groups (broad SMARTS) is 1. The number of carbonyl (C=O) groups excluding carboxylic acids is 2. The molecule has 3 aromatic rings. The van der Waals surface area contributed by atoms with Gasteiger partial charge in [0.05, 0.1) is 19.3 Å². The van der Waals surface area contributed by atoms with E-state index in [1.54, 1.807) is 6.92 Å². The van der Waals surface area contributed by atoms with Gasteiger partial charge in [0.25, 0.3) is 0 Å². The molecule has 0 spiro atoms. The second kappa shape index (κ2) is 12.8. The molecule has 4 rings (SSSR count). The fraction of sp³-hybridized carbons (Fsp3) is 0.258. The van der Waals surface area contributed by atoms with E-state index in [-0.39, 0.29) is 25.7 Å². The number of benzene rings is 3. The molecule has 2 amide bonds. The summed E-state index contributed by atoms with van der Waals surface area (Å²) < 4.78 is 11.5. The van der Waals surface area contributed by atoms with Crippen LogP contribution in [0.1, 0.15) is 29.5 Å². The summed E-state index contributed by atoms with van der Waals surface area (Å²) >= 11 is 0.